The molecular formula is C17H24N2S. The molecule has 0 bridgehead atoms. The van der Waals surface area contributed by atoms with E-state index in [4.69, 9.17) is 0 Å². The Bertz CT molecular complexity index is 520. The number of benzene rings is 1. The predicted octanol–water partition coefficient (Wildman–Crippen LogP) is 3.91. The van der Waals surface area contributed by atoms with Crippen molar-refractivity contribution in [1.29, 1.82) is 0 Å². The average molecular weight is 288 g/mol. The third-order valence-electron chi connectivity index (χ3n) is 3.56. The monoisotopic (exact) mass is 288 g/mol. The van der Waals surface area contributed by atoms with Gasteiger partial charge in [0.2, 0.25) is 0 Å². The van der Waals surface area contributed by atoms with Crippen molar-refractivity contribution in [1.82, 2.24) is 10.3 Å². The van der Waals surface area contributed by atoms with E-state index in [2.05, 4.69) is 54.7 Å². The van der Waals surface area contributed by atoms with Crippen LogP contribution in [0.1, 0.15) is 35.0 Å². The zero-order chi connectivity index (χ0) is 14.4. The minimum absolute atomic E-state index is 0.474. The van der Waals surface area contributed by atoms with Crippen molar-refractivity contribution in [2.24, 2.45) is 0 Å². The van der Waals surface area contributed by atoms with Crippen LogP contribution in [0.15, 0.2) is 29.8 Å². The topological polar surface area (TPSA) is 24.9 Å². The van der Waals surface area contributed by atoms with Crippen LogP contribution in [-0.2, 0) is 12.8 Å². The first-order chi connectivity index (χ1) is 9.69. The largest absolute Gasteiger partial charge is 0.313 e. The minimum atomic E-state index is 0.474. The molecule has 0 radical (unpaired) electrons. The molecule has 1 N–H and O–H groups in total. The molecule has 2 nitrogen and oxygen atoms in total. The Kier molecular flexibility index (Phi) is 5.74. The van der Waals surface area contributed by atoms with Crippen molar-refractivity contribution in [3.05, 3.63) is 51.5 Å². The fourth-order valence-electron chi connectivity index (χ4n) is 2.42. The third-order valence-corrected chi connectivity index (χ3v) is 4.36. The Morgan fingerprint density at radius 1 is 1.25 bits per heavy atom. The number of nitrogens with zero attached hydrogens (tertiary/aromatic N) is 1. The van der Waals surface area contributed by atoms with Crippen molar-refractivity contribution in [3.63, 3.8) is 0 Å². The summed E-state index contributed by atoms with van der Waals surface area (Å²) in [6, 6.07) is 7.21. The van der Waals surface area contributed by atoms with Crippen LogP contribution in [0.25, 0.3) is 0 Å². The Morgan fingerprint density at radius 2 is 2.10 bits per heavy atom. The standard InChI is InChI=1S/C17H24N2S/c1-4-7-18-16(12-17-19-8-9-20-17)11-15-10-13(2)5-6-14(15)3/h5-6,8-10,16,18H,4,7,11-12H2,1-3H3. The fourth-order valence-corrected chi connectivity index (χ4v) is 3.11. The van der Waals surface area contributed by atoms with Crippen LogP contribution in [0.3, 0.4) is 0 Å². The van der Waals surface area contributed by atoms with Crippen LogP contribution in [0.5, 0.6) is 0 Å². The van der Waals surface area contributed by atoms with Gasteiger partial charge in [-0.1, -0.05) is 30.7 Å². The molecule has 2 aromatic rings. The number of hydrogen-bond donors (Lipinski definition) is 1. The Morgan fingerprint density at radius 3 is 2.80 bits per heavy atom. The van der Waals surface area contributed by atoms with Gasteiger partial charge in [0.05, 0.1) is 5.01 Å². The predicted molar refractivity (Wildman–Crippen MR) is 87.5 cm³/mol. The fraction of sp³-hybridized carbons (Fsp3) is 0.471. The lowest BCUT2D eigenvalue weighted by Crippen LogP contribution is -2.34. The van der Waals surface area contributed by atoms with Gasteiger partial charge >= 0.3 is 0 Å². The van der Waals surface area contributed by atoms with E-state index in [9.17, 15) is 0 Å². The molecular weight excluding hydrogens is 264 g/mol. The molecule has 3 heteroatoms. The molecule has 1 unspecified atom stereocenters. The van der Waals surface area contributed by atoms with Gasteiger partial charge in [-0.2, -0.15) is 0 Å². The second-order valence-electron chi connectivity index (χ2n) is 5.42. The van der Waals surface area contributed by atoms with Crippen LogP contribution < -0.4 is 5.32 Å². The van der Waals surface area contributed by atoms with Gasteiger partial charge in [-0.3, -0.25) is 0 Å². The van der Waals surface area contributed by atoms with Crippen LogP contribution in [0.2, 0.25) is 0 Å². The van der Waals surface area contributed by atoms with Gasteiger partial charge in [0.1, 0.15) is 0 Å². The van der Waals surface area contributed by atoms with Gasteiger partial charge in [-0.25, -0.2) is 4.98 Å². The maximum absolute atomic E-state index is 4.42. The normalized spacial score (nSPS) is 12.6. The van der Waals surface area contributed by atoms with E-state index in [1.165, 1.54) is 28.1 Å². The highest BCUT2D eigenvalue weighted by Gasteiger charge is 2.13. The highest BCUT2D eigenvalue weighted by atomic mass is 32.1. The maximum Gasteiger partial charge on any atom is 0.0940 e. The number of aromatic nitrogens is 1. The van der Waals surface area contributed by atoms with Crippen molar-refractivity contribution in [2.75, 3.05) is 6.54 Å². The van der Waals surface area contributed by atoms with Crippen molar-refractivity contribution in [2.45, 2.75) is 46.1 Å². The molecule has 0 aliphatic rings. The number of rotatable bonds is 7. The van der Waals surface area contributed by atoms with Crippen LogP contribution in [-0.4, -0.2) is 17.6 Å². The number of aryl methyl sites for hydroxylation is 2. The molecule has 108 valence electrons. The Balaban J connectivity index is 2.08. The first-order valence-corrected chi connectivity index (χ1v) is 8.25. The number of nitrogens with one attached hydrogen (secondary N) is 1. The molecule has 0 aliphatic carbocycles. The lowest BCUT2D eigenvalue weighted by atomic mass is 9.97. The number of hydrogen-bond acceptors (Lipinski definition) is 3. The van der Waals surface area contributed by atoms with Crippen molar-refractivity contribution in [3.8, 4) is 0 Å². The molecule has 1 aromatic heterocycles. The molecule has 2 rings (SSSR count). The van der Waals surface area contributed by atoms with E-state index >= 15 is 0 Å². The van der Waals surface area contributed by atoms with Gasteiger partial charge in [-0.05, 0) is 44.4 Å². The van der Waals surface area contributed by atoms with Gasteiger partial charge in [-0.15, -0.1) is 11.3 Å². The molecule has 0 fully saturated rings. The first-order valence-electron chi connectivity index (χ1n) is 7.37. The molecule has 1 heterocycles. The molecule has 1 atom stereocenters. The maximum atomic E-state index is 4.42. The van der Waals surface area contributed by atoms with Gasteiger partial charge in [0.15, 0.2) is 0 Å². The smallest absolute Gasteiger partial charge is 0.0940 e. The molecule has 0 spiro atoms. The molecule has 0 saturated heterocycles. The van der Waals surface area contributed by atoms with E-state index < -0.39 is 0 Å². The quantitative estimate of drug-likeness (QED) is 0.835. The summed E-state index contributed by atoms with van der Waals surface area (Å²) < 4.78 is 0. The average Bonchev–Trinajstić information content (AvgIpc) is 2.93. The van der Waals surface area contributed by atoms with E-state index in [1.807, 2.05) is 6.20 Å². The molecule has 0 aliphatic heterocycles. The highest BCUT2D eigenvalue weighted by molar-refractivity contribution is 7.09. The van der Waals surface area contributed by atoms with Crippen molar-refractivity contribution >= 4 is 11.3 Å². The summed E-state index contributed by atoms with van der Waals surface area (Å²) in [4.78, 5) is 4.42. The summed E-state index contributed by atoms with van der Waals surface area (Å²) in [6.07, 6.45) is 5.16. The van der Waals surface area contributed by atoms with E-state index in [1.54, 1.807) is 11.3 Å². The molecule has 20 heavy (non-hydrogen) atoms. The summed E-state index contributed by atoms with van der Waals surface area (Å²) in [5, 5.41) is 6.96. The minimum Gasteiger partial charge on any atom is -0.313 e. The van der Waals surface area contributed by atoms with E-state index in [0.29, 0.717) is 6.04 Å². The zero-order valence-corrected chi connectivity index (χ0v) is 13.5. The van der Waals surface area contributed by atoms with Gasteiger partial charge in [0, 0.05) is 24.0 Å². The van der Waals surface area contributed by atoms with E-state index in [-0.39, 0.29) is 0 Å². The molecule has 0 saturated carbocycles. The third kappa shape index (κ3) is 4.43. The summed E-state index contributed by atoms with van der Waals surface area (Å²) in [5.74, 6) is 0. The lowest BCUT2D eigenvalue weighted by Gasteiger charge is -2.19. The van der Waals surface area contributed by atoms with Gasteiger partial charge in [0.25, 0.3) is 0 Å². The summed E-state index contributed by atoms with van der Waals surface area (Å²) in [5.41, 5.74) is 4.18. The SMILES string of the molecule is CCCNC(Cc1nccs1)Cc1cc(C)ccc1C. The molecule has 0 amide bonds. The lowest BCUT2D eigenvalue weighted by molar-refractivity contribution is 0.503. The van der Waals surface area contributed by atoms with Gasteiger partial charge < -0.3 is 5.32 Å². The second kappa shape index (κ2) is 7.55. The molecule has 1 aromatic carbocycles. The van der Waals surface area contributed by atoms with E-state index in [0.717, 1.165) is 19.4 Å². The van der Waals surface area contributed by atoms with Crippen LogP contribution in [0, 0.1) is 13.8 Å². The first kappa shape index (κ1) is 15.2. The number of thiazole rings is 1. The van der Waals surface area contributed by atoms with Crippen LogP contribution in [0.4, 0.5) is 0 Å². The summed E-state index contributed by atoms with van der Waals surface area (Å²) in [6.45, 7) is 7.65. The zero-order valence-electron chi connectivity index (χ0n) is 12.6. The van der Waals surface area contributed by atoms with Crippen LogP contribution >= 0.6 is 11.3 Å². The highest BCUT2D eigenvalue weighted by Crippen LogP contribution is 2.16. The summed E-state index contributed by atoms with van der Waals surface area (Å²) in [7, 11) is 0. The Hall–Kier alpha value is -1.19. The Labute approximate surface area is 126 Å². The second-order valence-corrected chi connectivity index (χ2v) is 6.39. The van der Waals surface area contributed by atoms with Crippen molar-refractivity contribution < 1.29 is 0 Å². The summed E-state index contributed by atoms with van der Waals surface area (Å²) >= 11 is 1.75.